The van der Waals surface area contributed by atoms with Crippen LogP contribution >= 0.6 is 25.3 Å². The van der Waals surface area contributed by atoms with Crippen LogP contribution in [-0.2, 0) is 4.74 Å². The number of ether oxygens (including phenoxy) is 3. The van der Waals surface area contributed by atoms with E-state index in [0.29, 0.717) is 11.5 Å². The van der Waals surface area contributed by atoms with Gasteiger partial charge < -0.3 is 9.47 Å². The van der Waals surface area contributed by atoms with Crippen LogP contribution in [0.15, 0.2) is 60.7 Å². The van der Waals surface area contributed by atoms with Crippen molar-refractivity contribution in [2.75, 3.05) is 0 Å². The second-order valence-electron chi connectivity index (χ2n) is 4.73. The minimum atomic E-state index is -1.19. The molecule has 0 radical (unpaired) electrons. The van der Waals surface area contributed by atoms with Gasteiger partial charge >= 0.3 is 0 Å². The van der Waals surface area contributed by atoms with Gasteiger partial charge in [0.15, 0.2) is 0 Å². The molecular weight excluding hydrogens is 304 g/mol. The summed E-state index contributed by atoms with van der Waals surface area (Å²) >= 11 is 8.77. The molecule has 0 spiro atoms. The van der Waals surface area contributed by atoms with Crippen molar-refractivity contribution in [3.63, 3.8) is 0 Å². The molecule has 0 bridgehead atoms. The highest BCUT2D eigenvalue weighted by molar-refractivity contribution is 7.82. The first-order valence-corrected chi connectivity index (χ1v) is 7.39. The molecule has 2 aromatic carbocycles. The molecule has 0 aliphatic carbocycles. The highest BCUT2D eigenvalue weighted by atomic mass is 32.1. The van der Waals surface area contributed by atoms with E-state index in [2.05, 4.69) is 25.3 Å². The minimum absolute atomic E-state index is 0.652. The number of rotatable bonds is 6. The van der Waals surface area contributed by atoms with Crippen molar-refractivity contribution in [3.05, 3.63) is 60.7 Å². The topological polar surface area (TPSA) is 27.7 Å². The van der Waals surface area contributed by atoms with Crippen molar-refractivity contribution in [2.45, 2.75) is 24.1 Å². The molecule has 0 fully saturated rings. The summed E-state index contributed by atoms with van der Waals surface area (Å²) in [5, 5.41) is -2.38. The minimum Gasteiger partial charge on any atom is -0.453 e. The van der Waals surface area contributed by atoms with Gasteiger partial charge in [-0.2, -0.15) is 0 Å². The summed E-state index contributed by atoms with van der Waals surface area (Å²) in [5.74, 6) is 1.30. The predicted molar refractivity (Wildman–Crippen MR) is 90.0 cm³/mol. The Labute approximate surface area is 136 Å². The van der Waals surface area contributed by atoms with E-state index in [9.17, 15) is 0 Å². The van der Waals surface area contributed by atoms with E-state index in [-0.39, 0.29) is 0 Å². The fraction of sp³-hybridized carbons (Fsp3) is 0.250. The van der Waals surface area contributed by atoms with E-state index >= 15 is 0 Å². The highest BCUT2D eigenvalue weighted by Gasteiger charge is 2.34. The largest absolute Gasteiger partial charge is 0.453 e. The van der Waals surface area contributed by atoms with Crippen LogP contribution in [0.3, 0.4) is 0 Å². The van der Waals surface area contributed by atoms with Crippen LogP contribution < -0.4 is 9.47 Å². The Morgan fingerprint density at radius 2 is 1.00 bits per heavy atom. The van der Waals surface area contributed by atoms with Gasteiger partial charge in [0.2, 0.25) is 0 Å². The molecule has 2 atom stereocenters. The molecule has 0 amide bonds. The zero-order valence-electron chi connectivity index (χ0n) is 11.9. The third-order valence-electron chi connectivity index (χ3n) is 2.48. The van der Waals surface area contributed by atoms with Gasteiger partial charge in [-0.15, -0.1) is 25.3 Å². The quantitative estimate of drug-likeness (QED) is 0.611. The maximum atomic E-state index is 5.72. The molecule has 0 heterocycles. The van der Waals surface area contributed by atoms with E-state index in [1.54, 1.807) is 13.8 Å². The maximum absolute atomic E-state index is 5.72. The molecular formula is C16H18O3S2. The summed E-state index contributed by atoms with van der Waals surface area (Å²) in [6.07, 6.45) is 0. The third kappa shape index (κ3) is 5.53. The Morgan fingerprint density at radius 1 is 0.667 bits per heavy atom. The lowest BCUT2D eigenvalue weighted by molar-refractivity contribution is -0.206. The van der Waals surface area contributed by atoms with Crippen molar-refractivity contribution in [1.82, 2.24) is 0 Å². The van der Waals surface area contributed by atoms with Crippen molar-refractivity contribution in [1.29, 1.82) is 0 Å². The van der Waals surface area contributed by atoms with Crippen molar-refractivity contribution < 1.29 is 14.2 Å². The SMILES string of the molecule is CC(S)(Oc1ccccc1)OC(C)(S)Oc1ccccc1. The summed E-state index contributed by atoms with van der Waals surface area (Å²) in [4.78, 5) is 0. The van der Waals surface area contributed by atoms with E-state index in [1.165, 1.54) is 0 Å². The molecule has 0 aliphatic rings. The Balaban J connectivity index is 2.01. The number of hydrogen-bond donors (Lipinski definition) is 2. The lowest BCUT2D eigenvalue weighted by Crippen LogP contribution is -2.41. The van der Waals surface area contributed by atoms with Gasteiger partial charge in [0, 0.05) is 13.8 Å². The summed E-state index contributed by atoms with van der Waals surface area (Å²) in [6, 6.07) is 18.6. The van der Waals surface area contributed by atoms with Crippen LogP contribution in [0.1, 0.15) is 13.8 Å². The smallest absolute Gasteiger partial charge is 0.258 e. The molecule has 0 aliphatic heterocycles. The highest BCUT2D eigenvalue weighted by Crippen LogP contribution is 2.31. The van der Waals surface area contributed by atoms with Crippen LogP contribution in [0.25, 0.3) is 0 Å². The molecule has 0 saturated heterocycles. The molecule has 3 nitrogen and oxygen atoms in total. The fourth-order valence-electron chi connectivity index (χ4n) is 1.81. The van der Waals surface area contributed by atoms with E-state index < -0.39 is 10.2 Å². The summed E-state index contributed by atoms with van der Waals surface area (Å²) in [6.45, 7) is 3.37. The first-order valence-electron chi connectivity index (χ1n) is 6.49. The molecule has 0 saturated carbocycles. The standard InChI is InChI=1S/C16H18O3S2/c1-15(20,17-13-9-5-3-6-10-13)19-16(2,21)18-14-11-7-4-8-12-14/h3-12,20-21H,1-2H3. The molecule has 112 valence electrons. The van der Waals surface area contributed by atoms with Crippen LogP contribution in [0.2, 0.25) is 0 Å². The molecule has 2 rings (SSSR count). The second-order valence-corrected chi connectivity index (χ2v) is 6.35. The molecule has 5 heteroatoms. The Bertz CT molecular complexity index is 505. The maximum Gasteiger partial charge on any atom is 0.258 e. The van der Waals surface area contributed by atoms with Crippen LogP contribution in [0, 0.1) is 0 Å². The van der Waals surface area contributed by atoms with Crippen molar-refractivity contribution in [3.8, 4) is 11.5 Å². The number of benzene rings is 2. The van der Waals surface area contributed by atoms with Gasteiger partial charge in [-0.3, -0.25) is 4.74 Å². The van der Waals surface area contributed by atoms with Crippen molar-refractivity contribution in [2.24, 2.45) is 0 Å². The van der Waals surface area contributed by atoms with E-state index in [4.69, 9.17) is 14.2 Å². The van der Waals surface area contributed by atoms with Gasteiger partial charge in [0.1, 0.15) is 11.5 Å². The normalized spacial score (nSPS) is 16.6. The van der Waals surface area contributed by atoms with Crippen LogP contribution in [-0.4, -0.2) is 10.2 Å². The molecule has 0 aromatic heterocycles. The van der Waals surface area contributed by atoms with Crippen LogP contribution in [0.4, 0.5) is 0 Å². The number of para-hydroxylation sites is 2. The molecule has 21 heavy (non-hydrogen) atoms. The van der Waals surface area contributed by atoms with Gasteiger partial charge in [0.25, 0.3) is 10.2 Å². The Morgan fingerprint density at radius 3 is 1.33 bits per heavy atom. The second kappa shape index (κ2) is 6.64. The van der Waals surface area contributed by atoms with E-state index in [0.717, 1.165) is 0 Å². The average molecular weight is 322 g/mol. The Kier molecular flexibility index (Phi) is 5.08. The number of thiol groups is 2. The average Bonchev–Trinajstić information content (AvgIpc) is 2.38. The zero-order valence-corrected chi connectivity index (χ0v) is 13.7. The van der Waals surface area contributed by atoms with Gasteiger partial charge in [-0.05, 0) is 24.3 Å². The first kappa shape index (κ1) is 16.1. The predicted octanol–water partition coefficient (Wildman–Crippen LogP) is 4.37. The monoisotopic (exact) mass is 322 g/mol. The third-order valence-corrected chi connectivity index (χ3v) is 2.84. The number of hydrogen-bond acceptors (Lipinski definition) is 5. The molecule has 2 aromatic rings. The lowest BCUT2D eigenvalue weighted by Gasteiger charge is -2.34. The van der Waals surface area contributed by atoms with Gasteiger partial charge in [-0.25, -0.2) is 0 Å². The van der Waals surface area contributed by atoms with Crippen LogP contribution in [0.5, 0.6) is 11.5 Å². The molecule has 2 unspecified atom stereocenters. The lowest BCUT2D eigenvalue weighted by atomic mass is 10.3. The van der Waals surface area contributed by atoms with Gasteiger partial charge in [0.05, 0.1) is 0 Å². The first-order chi connectivity index (χ1) is 9.86. The summed E-state index contributed by atoms with van der Waals surface area (Å²) in [5.41, 5.74) is 0. The summed E-state index contributed by atoms with van der Waals surface area (Å²) in [7, 11) is 0. The fourth-order valence-corrected chi connectivity index (χ4v) is 2.44. The zero-order chi connectivity index (χ0) is 15.3. The van der Waals surface area contributed by atoms with E-state index in [1.807, 2.05) is 60.7 Å². The van der Waals surface area contributed by atoms with Crippen molar-refractivity contribution >= 4 is 25.3 Å². The van der Waals surface area contributed by atoms with Gasteiger partial charge in [-0.1, -0.05) is 36.4 Å². The Hall–Kier alpha value is -1.30. The molecule has 0 N–H and O–H groups in total. The summed E-state index contributed by atoms with van der Waals surface area (Å²) < 4.78 is 17.1.